The Morgan fingerprint density at radius 3 is 2.80 bits per heavy atom. The largest absolute Gasteiger partial charge is 0.444 e. The number of carbonyl (C=O) groups excluding carboxylic acids is 1. The van der Waals surface area contributed by atoms with Gasteiger partial charge in [0.25, 0.3) is 0 Å². The van der Waals surface area contributed by atoms with Crippen molar-refractivity contribution in [1.29, 1.82) is 0 Å². The van der Waals surface area contributed by atoms with Crippen LogP contribution in [0.15, 0.2) is 34.3 Å². The molecule has 1 aliphatic heterocycles. The SMILES string of the molecule is CC(C)(C)OC(=O)N1CC/C(=C/c2cccc(Br)c2)C1. The Balaban J connectivity index is 2.00. The van der Waals surface area contributed by atoms with Crippen LogP contribution in [0.2, 0.25) is 0 Å². The molecule has 1 aromatic carbocycles. The van der Waals surface area contributed by atoms with Crippen molar-refractivity contribution < 1.29 is 9.53 Å². The van der Waals surface area contributed by atoms with Gasteiger partial charge in [0, 0.05) is 17.6 Å². The maximum Gasteiger partial charge on any atom is 0.410 e. The van der Waals surface area contributed by atoms with Crippen molar-refractivity contribution in [2.75, 3.05) is 13.1 Å². The molecular formula is C16H20BrNO2. The summed E-state index contributed by atoms with van der Waals surface area (Å²) in [7, 11) is 0. The zero-order valence-electron chi connectivity index (χ0n) is 12.1. The highest BCUT2D eigenvalue weighted by Crippen LogP contribution is 2.22. The molecule has 0 spiro atoms. The highest BCUT2D eigenvalue weighted by atomic mass is 79.9. The number of amides is 1. The molecular weight excluding hydrogens is 318 g/mol. The van der Waals surface area contributed by atoms with E-state index in [1.807, 2.05) is 32.9 Å². The predicted molar refractivity (Wildman–Crippen MR) is 84.5 cm³/mol. The Hall–Kier alpha value is -1.29. The number of ether oxygens (including phenoxy) is 1. The van der Waals surface area contributed by atoms with E-state index < -0.39 is 5.60 Å². The Morgan fingerprint density at radius 1 is 1.40 bits per heavy atom. The molecule has 0 aliphatic carbocycles. The molecule has 1 aromatic rings. The van der Waals surface area contributed by atoms with Gasteiger partial charge < -0.3 is 9.64 Å². The number of benzene rings is 1. The van der Waals surface area contributed by atoms with E-state index in [0.717, 1.165) is 23.0 Å². The Labute approximate surface area is 128 Å². The average molecular weight is 338 g/mol. The first-order valence-electron chi connectivity index (χ1n) is 6.76. The molecule has 1 aliphatic rings. The number of likely N-dealkylation sites (tertiary alicyclic amines) is 1. The standard InChI is InChI=1S/C16H20BrNO2/c1-16(2,3)20-15(19)18-8-7-13(11-18)9-12-5-4-6-14(17)10-12/h4-6,9-10H,7-8,11H2,1-3H3/b13-9-. The molecule has 1 saturated heterocycles. The summed E-state index contributed by atoms with van der Waals surface area (Å²) in [6.07, 6.45) is 2.83. The van der Waals surface area contributed by atoms with Crippen molar-refractivity contribution in [2.45, 2.75) is 32.8 Å². The lowest BCUT2D eigenvalue weighted by Gasteiger charge is -2.23. The molecule has 0 radical (unpaired) electrons. The number of nitrogens with zero attached hydrogens (tertiary/aromatic N) is 1. The molecule has 1 heterocycles. The third kappa shape index (κ3) is 4.37. The molecule has 1 amide bonds. The monoisotopic (exact) mass is 337 g/mol. The maximum atomic E-state index is 12.0. The fourth-order valence-electron chi connectivity index (χ4n) is 2.11. The van der Waals surface area contributed by atoms with Crippen molar-refractivity contribution in [2.24, 2.45) is 0 Å². The summed E-state index contributed by atoms with van der Waals surface area (Å²) in [6, 6.07) is 8.15. The van der Waals surface area contributed by atoms with Crippen LogP contribution in [-0.4, -0.2) is 29.7 Å². The molecule has 20 heavy (non-hydrogen) atoms. The van der Waals surface area contributed by atoms with Gasteiger partial charge in [0.05, 0.1) is 0 Å². The first kappa shape index (κ1) is 15.1. The Morgan fingerprint density at radius 2 is 2.15 bits per heavy atom. The second kappa shape index (κ2) is 6.00. The van der Waals surface area contributed by atoms with Crippen LogP contribution in [0.25, 0.3) is 6.08 Å². The lowest BCUT2D eigenvalue weighted by molar-refractivity contribution is 0.0299. The number of hydrogen-bond donors (Lipinski definition) is 0. The smallest absolute Gasteiger partial charge is 0.410 e. The van der Waals surface area contributed by atoms with Crippen LogP contribution in [-0.2, 0) is 4.74 Å². The van der Waals surface area contributed by atoms with E-state index in [2.05, 4.69) is 34.1 Å². The lowest BCUT2D eigenvalue weighted by Crippen LogP contribution is -2.34. The van der Waals surface area contributed by atoms with E-state index in [9.17, 15) is 4.79 Å². The van der Waals surface area contributed by atoms with Crippen LogP contribution in [0.3, 0.4) is 0 Å². The second-order valence-electron chi connectivity index (χ2n) is 6.01. The summed E-state index contributed by atoms with van der Waals surface area (Å²) in [4.78, 5) is 13.7. The van der Waals surface area contributed by atoms with Crippen LogP contribution in [0.5, 0.6) is 0 Å². The number of carbonyl (C=O) groups is 1. The minimum absolute atomic E-state index is 0.227. The minimum atomic E-state index is -0.437. The normalized spacial score (nSPS) is 17.6. The second-order valence-corrected chi connectivity index (χ2v) is 6.93. The maximum absolute atomic E-state index is 12.0. The molecule has 3 nitrogen and oxygen atoms in total. The molecule has 0 aromatic heterocycles. The summed E-state index contributed by atoms with van der Waals surface area (Å²) in [5.74, 6) is 0. The summed E-state index contributed by atoms with van der Waals surface area (Å²) in [5.41, 5.74) is 1.97. The highest BCUT2D eigenvalue weighted by Gasteiger charge is 2.26. The van der Waals surface area contributed by atoms with Gasteiger partial charge in [0.15, 0.2) is 0 Å². The van der Waals surface area contributed by atoms with Crippen LogP contribution in [0, 0.1) is 0 Å². The number of halogens is 1. The predicted octanol–water partition coefficient (Wildman–Crippen LogP) is 4.47. The molecule has 108 valence electrons. The number of hydrogen-bond acceptors (Lipinski definition) is 2. The van der Waals surface area contributed by atoms with Crippen molar-refractivity contribution >= 4 is 28.1 Å². The Kier molecular flexibility index (Phi) is 4.53. The topological polar surface area (TPSA) is 29.5 Å². The van der Waals surface area contributed by atoms with Crippen LogP contribution in [0.1, 0.15) is 32.8 Å². The molecule has 4 heteroatoms. The van der Waals surface area contributed by atoms with Crippen LogP contribution >= 0.6 is 15.9 Å². The summed E-state index contributed by atoms with van der Waals surface area (Å²) in [6.45, 7) is 7.05. The van der Waals surface area contributed by atoms with E-state index in [1.54, 1.807) is 4.90 Å². The molecule has 0 bridgehead atoms. The molecule has 0 saturated carbocycles. The van der Waals surface area contributed by atoms with E-state index in [4.69, 9.17) is 4.74 Å². The molecule has 0 unspecified atom stereocenters. The average Bonchev–Trinajstić information content (AvgIpc) is 2.75. The Bertz CT molecular complexity index is 532. The highest BCUT2D eigenvalue weighted by molar-refractivity contribution is 9.10. The van der Waals surface area contributed by atoms with E-state index in [0.29, 0.717) is 6.54 Å². The molecule has 0 atom stereocenters. The van der Waals surface area contributed by atoms with Crippen LogP contribution < -0.4 is 0 Å². The van der Waals surface area contributed by atoms with Crippen molar-refractivity contribution in [1.82, 2.24) is 4.90 Å². The van der Waals surface area contributed by atoms with Gasteiger partial charge in [-0.2, -0.15) is 0 Å². The van der Waals surface area contributed by atoms with Gasteiger partial charge in [-0.3, -0.25) is 0 Å². The molecule has 2 rings (SSSR count). The lowest BCUT2D eigenvalue weighted by atomic mass is 10.1. The van der Waals surface area contributed by atoms with E-state index in [-0.39, 0.29) is 6.09 Å². The zero-order valence-corrected chi connectivity index (χ0v) is 13.7. The zero-order chi connectivity index (χ0) is 14.8. The third-order valence-electron chi connectivity index (χ3n) is 2.97. The van der Waals surface area contributed by atoms with Gasteiger partial charge in [-0.05, 0) is 50.5 Å². The molecule has 1 fully saturated rings. The summed E-state index contributed by atoms with van der Waals surface area (Å²) < 4.78 is 6.46. The van der Waals surface area contributed by atoms with Gasteiger partial charge >= 0.3 is 6.09 Å². The van der Waals surface area contributed by atoms with Crippen LogP contribution in [0.4, 0.5) is 4.79 Å². The van der Waals surface area contributed by atoms with Gasteiger partial charge in [0.2, 0.25) is 0 Å². The minimum Gasteiger partial charge on any atom is -0.444 e. The summed E-state index contributed by atoms with van der Waals surface area (Å²) in [5, 5.41) is 0. The first-order valence-corrected chi connectivity index (χ1v) is 7.56. The van der Waals surface area contributed by atoms with Gasteiger partial charge in [-0.25, -0.2) is 4.79 Å². The molecule has 0 N–H and O–H groups in total. The first-order chi connectivity index (χ1) is 9.33. The van der Waals surface area contributed by atoms with E-state index in [1.165, 1.54) is 5.57 Å². The fraction of sp³-hybridized carbons (Fsp3) is 0.438. The number of rotatable bonds is 1. The summed E-state index contributed by atoms with van der Waals surface area (Å²) >= 11 is 3.47. The van der Waals surface area contributed by atoms with Gasteiger partial charge in [-0.15, -0.1) is 0 Å². The van der Waals surface area contributed by atoms with Crippen molar-refractivity contribution in [3.05, 3.63) is 39.9 Å². The quantitative estimate of drug-likeness (QED) is 0.756. The van der Waals surface area contributed by atoms with E-state index >= 15 is 0 Å². The third-order valence-corrected chi connectivity index (χ3v) is 3.46. The van der Waals surface area contributed by atoms with Crippen molar-refractivity contribution in [3.8, 4) is 0 Å². The fourth-order valence-corrected chi connectivity index (χ4v) is 2.53. The van der Waals surface area contributed by atoms with Gasteiger partial charge in [-0.1, -0.05) is 34.1 Å². The van der Waals surface area contributed by atoms with Gasteiger partial charge in [0.1, 0.15) is 5.60 Å². The van der Waals surface area contributed by atoms with Crippen molar-refractivity contribution in [3.63, 3.8) is 0 Å².